The van der Waals surface area contributed by atoms with Gasteiger partial charge in [0.05, 0.1) is 20.9 Å². The summed E-state index contributed by atoms with van der Waals surface area (Å²) in [7, 11) is -3.76. The van der Waals surface area contributed by atoms with E-state index in [9.17, 15) is 22.8 Å². The van der Waals surface area contributed by atoms with Crippen molar-refractivity contribution in [3.05, 3.63) is 85.3 Å². The van der Waals surface area contributed by atoms with Crippen molar-refractivity contribution in [2.75, 3.05) is 23.7 Å². The third-order valence-electron chi connectivity index (χ3n) is 6.15. The van der Waals surface area contributed by atoms with Crippen LogP contribution in [-0.2, 0) is 21.1 Å². The minimum absolute atomic E-state index is 0.0543. The lowest BCUT2D eigenvalue weighted by molar-refractivity contribution is -0.116. The number of hydrogen-bond donors (Lipinski definition) is 1. The highest BCUT2D eigenvalue weighted by molar-refractivity contribution is 7.94. The number of hydrogen-bond acceptors (Lipinski definition) is 7. The van der Waals surface area contributed by atoms with Gasteiger partial charge in [0, 0.05) is 25.2 Å². The first-order valence-corrected chi connectivity index (χ1v) is 14.2. The summed E-state index contributed by atoms with van der Waals surface area (Å²) in [6, 6.07) is 14.7. The predicted octanol–water partition coefficient (Wildman–Crippen LogP) is 3.58. The Morgan fingerprint density at radius 1 is 0.972 bits per heavy atom. The number of aromatic amines is 1. The van der Waals surface area contributed by atoms with E-state index < -0.39 is 32.6 Å². The fraction of sp³-hybridized carbons (Fsp3) is 0.240. The van der Waals surface area contributed by atoms with Crippen LogP contribution in [-0.4, -0.2) is 42.6 Å². The van der Waals surface area contributed by atoms with E-state index in [1.807, 2.05) is 12.1 Å². The molecule has 2 aromatic carbocycles. The van der Waals surface area contributed by atoms with Gasteiger partial charge in [-0.05, 0) is 60.9 Å². The Labute approximate surface area is 215 Å². The highest BCUT2D eigenvalue weighted by Crippen LogP contribution is 2.27. The second-order valence-corrected chi connectivity index (χ2v) is 12.6. The molecule has 1 fully saturated rings. The summed E-state index contributed by atoms with van der Waals surface area (Å²) in [6.45, 7) is 1.91. The summed E-state index contributed by atoms with van der Waals surface area (Å²) in [5, 5.41) is 0.399. The molecule has 8 nitrogen and oxygen atoms in total. The summed E-state index contributed by atoms with van der Waals surface area (Å²) in [6.07, 6.45) is 2.15. The number of halogens is 1. The van der Waals surface area contributed by atoms with Crippen LogP contribution in [0.15, 0.2) is 68.4 Å². The third kappa shape index (κ3) is 4.88. The number of thiophene rings is 1. The summed E-state index contributed by atoms with van der Waals surface area (Å²) < 4.78 is 26.3. The number of rotatable bonds is 7. The second kappa shape index (κ2) is 9.68. The summed E-state index contributed by atoms with van der Waals surface area (Å²) in [5.41, 5.74) is 1.39. The number of benzene rings is 2. The van der Waals surface area contributed by atoms with Gasteiger partial charge in [0.15, 0.2) is 15.6 Å². The first-order valence-electron chi connectivity index (χ1n) is 11.3. The Morgan fingerprint density at radius 2 is 1.67 bits per heavy atom. The molecule has 4 aromatic rings. The van der Waals surface area contributed by atoms with Crippen molar-refractivity contribution in [1.82, 2.24) is 9.55 Å². The largest absolute Gasteiger partial charge is 0.371 e. The normalized spacial score (nSPS) is 14.0. The molecule has 0 atom stereocenters. The number of carbonyl (C=O) groups is 1. The molecule has 0 bridgehead atoms. The molecule has 0 amide bonds. The maximum atomic E-state index is 13.1. The SMILES string of the molecule is O=C(Cc1ccc(-n2c(=O)[nH]c3cc(N4CCCC4)ccc3c2=O)cc1)CS(=O)(=O)c1ccc(Cl)s1. The molecule has 1 saturated heterocycles. The minimum atomic E-state index is -3.76. The molecule has 0 saturated carbocycles. The van der Waals surface area contributed by atoms with Gasteiger partial charge in [-0.15, -0.1) is 11.3 Å². The van der Waals surface area contributed by atoms with Gasteiger partial charge in [-0.2, -0.15) is 0 Å². The number of carbonyl (C=O) groups excluding carboxylic acids is 1. The highest BCUT2D eigenvalue weighted by Gasteiger charge is 2.21. The first kappa shape index (κ1) is 24.5. The number of nitrogens with one attached hydrogen (secondary N) is 1. The van der Waals surface area contributed by atoms with Crippen LogP contribution in [0, 0.1) is 0 Å². The summed E-state index contributed by atoms with van der Waals surface area (Å²) in [5.74, 6) is -1.10. The maximum absolute atomic E-state index is 13.1. The highest BCUT2D eigenvalue weighted by atomic mass is 35.5. The number of Topliss-reactive ketones (excluding diaryl/α,β-unsaturated/α-hetero) is 1. The van der Waals surface area contributed by atoms with Gasteiger partial charge in [0.2, 0.25) is 0 Å². The van der Waals surface area contributed by atoms with Crippen molar-refractivity contribution in [3.8, 4) is 5.69 Å². The van der Waals surface area contributed by atoms with E-state index in [-0.39, 0.29) is 10.6 Å². The number of aromatic nitrogens is 2. The van der Waals surface area contributed by atoms with E-state index in [2.05, 4.69) is 9.88 Å². The molecule has 0 aliphatic carbocycles. The zero-order valence-corrected chi connectivity index (χ0v) is 21.5. The molecule has 0 radical (unpaired) electrons. The lowest BCUT2D eigenvalue weighted by atomic mass is 10.1. The van der Waals surface area contributed by atoms with Gasteiger partial charge in [-0.3, -0.25) is 9.59 Å². The number of fused-ring (bicyclic) bond motifs is 1. The Kier molecular flexibility index (Phi) is 6.59. The van der Waals surface area contributed by atoms with Crippen LogP contribution in [0.5, 0.6) is 0 Å². The Balaban J connectivity index is 1.36. The first-order chi connectivity index (χ1) is 17.2. The van der Waals surface area contributed by atoms with Crippen LogP contribution in [0.1, 0.15) is 18.4 Å². The fourth-order valence-electron chi connectivity index (χ4n) is 4.40. The molecule has 2 aromatic heterocycles. The van der Waals surface area contributed by atoms with Gasteiger partial charge in [-0.25, -0.2) is 17.8 Å². The number of nitrogens with zero attached hydrogens (tertiary/aromatic N) is 2. The molecule has 186 valence electrons. The Bertz CT molecular complexity index is 1680. The molecule has 1 N–H and O–H groups in total. The number of anilines is 1. The molecule has 11 heteroatoms. The van der Waals surface area contributed by atoms with E-state index in [0.717, 1.165) is 47.5 Å². The van der Waals surface area contributed by atoms with E-state index in [4.69, 9.17) is 11.6 Å². The van der Waals surface area contributed by atoms with Gasteiger partial charge in [0.1, 0.15) is 9.96 Å². The Hall–Kier alpha value is -3.21. The van der Waals surface area contributed by atoms with E-state index in [1.54, 1.807) is 30.3 Å². The third-order valence-corrected chi connectivity index (χ3v) is 9.64. The van der Waals surface area contributed by atoms with Gasteiger partial charge in [0.25, 0.3) is 5.56 Å². The van der Waals surface area contributed by atoms with E-state index in [1.165, 1.54) is 12.1 Å². The number of H-pyrrole nitrogens is 1. The van der Waals surface area contributed by atoms with Gasteiger partial charge in [-0.1, -0.05) is 23.7 Å². The minimum Gasteiger partial charge on any atom is -0.371 e. The monoisotopic (exact) mass is 543 g/mol. The molecule has 3 heterocycles. The van der Waals surface area contributed by atoms with Gasteiger partial charge < -0.3 is 9.88 Å². The molecule has 0 unspecified atom stereocenters. The molecule has 5 rings (SSSR count). The Morgan fingerprint density at radius 3 is 2.33 bits per heavy atom. The smallest absolute Gasteiger partial charge is 0.333 e. The lowest BCUT2D eigenvalue weighted by Crippen LogP contribution is -2.33. The maximum Gasteiger partial charge on any atom is 0.333 e. The van der Waals surface area contributed by atoms with E-state index >= 15 is 0 Å². The molecule has 1 aliphatic rings. The van der Waals surface area contributed by atoms with Crippen LogP contribution in [0.2, 0.25) is 4.34 Å². The van der Waals surface area contributed by atoms with Crippen molar-refractivity contribution in [3.63, 3.8) is 0 Å². The van der Waals surface area contributed by atoms with Crippen LogP contribution in [0.4, 0.5) is 5.69 Å². The topological polar surface area (TPSA) is 109 Å². The van der Waals surface area contributed by atoms with Crippen LogP contribution >= 0.6 is 22.9 Å². The van der Waals surface area contributed by atoms with Crippen LogP contribution < -0.4 is 16.1 Å². The number of sulfone groups is 1. The summed E-state index contributed by atoms with van der Waals surface area (Å²) in [4.78, 5) is 43.4. The predicted molar refractivity (Wildman–Crippen MR) is 142 cm³/mol. The summed E-state index contributed by atoms with van der Waals surface area (Å²) >= 11 is 6.72. The average Bonchev–Trinajstić information content (AvgIpc) is 3.52. The molecular weight excluding hydrogens is 522 g/mol. The zero-order chi connectivity index (χ0) is 25.4. The van der Waals surface area contributed by atoms with Crippen molar-refractivity contribution < 1.29 is 13.2 Å². The van der Waals surface area contributed by atoms with Crippen molar-refractivity contribution in [2.45, 2.75) is 23.5 Å². The number of ketones is 1. The zero-order valence-electron chi connectivity index (χ0n) is 19.1. The quantitative estimate of drug-likeness (QED) is 0.381. The second-order valence-electron chi connectivity index (χ2n) is 8.69. The van der Waals surface area contributed by atoms with E-state index in [0.29, 0.717) is 26.5 Å². The molecule has 36 heavy (non-hydrogen) atoms. The van der Waals surface area contributed by atoms with Gasteiger partial charge >= 0.3 is 5.69 Å². The lowest BCUT2D eigenvalue weighted by Gasteiger charge is -2.18. The van der Waals surface area contributed by atoms with Crippen molar-refractivity contribution in [1.29, 1.82) is 0 Å². The molecule has 1 aliphatic heterocycles. The van der Waals surface area contributed by atoms with Crippen LogP contribution in [0.25, 0.3) is 16.6 Å². The van der Waals surface area contributed by atoms with Crippen molar-refractivity contribution >= 4 is 55.1 Å². The average molecular weight is 544 g/mol. The molecular formula is C25H22ClN3O5S2. The standard InChI is InChI=1S/C25H22ClN3O5S2/c26-22-9-10-23(35-22)36(33,34)15-19(30)13-16-3-5-17(6-4-16)29-24(31)20-8-7-18(28-11-1-2-12-28)14-21(20)27-25(29)32/h3-10,14H,1-2,11-13,15H2,(H,27,32). The fourth-order valence-corrected chi connectivity index (χ4v) is 7.21. The van der Waals surface area contributed by atoms with Crippen molar-refractivity contribution in [2.24, 2.45) is 0 Å². The van der Waals surface area contributed by atoms with Crippen LogP contribution in [0.3, 0.4) is 0 Å². The molecule has 0 spiro atoms.